The minimum Gasteiger partial charge on any atom is -0.343 e. The Hall–Kier alpha value is -5.42. The molecule has 0 unspecified atom stereocenters. The summed E-state index contributed by atoms with van der Waals surface area (Å²) >= 11 is 0. The third kappa shape index (κ3) is 3.33. The van der Waals surface area contributed by atoms with Crippen molar-refractivity contribution in [2.45, 2.75) is 31.3 Å². The predicted molar refractivity (Wildman–Crippen MR) is 172 cm³/mol. The zero-order valence-corrected chi connectivity index (χ0v) is 24.9. The summed E-state index contributed by atoms with van der Waals surface area (Å²) in [6.45, 7) is 3.93. The van der Waals surface area contributed by atoms with E-state index in [1.165, 1.54) is 0 Å². The number of nitrogens with zero attached hydrogens (tertiary/aromatic N) is 1. The maximum absolute atomic E-state index is 15.3. The van der Waals surface area contributed by atoms with Gasteiger partial charge in [-0.3, -0.25) is 19.2 Å². The van der Waals surface area contributed by atoms with Gasteiger partial charge in [-0.1, -0.05) is 126 Å². The molecule has 1 heterocycles. The molecule has 0 bridgehead atoms. The molecular formula is C40H29NO4. The van der Waals surface area contributed by atoms with Crippen molar-refractivity contribution in [1.82, 2.24) is 0 Å². The molecule has 0 aromatic heterocycles. The predicted octanol–water partition coefficient (Wildman–Crippen LogP) is 7.53. The highest BCUT2D eigenvalue weighted by atomic mass is 16.2. The molecule has 2 spiro atoms. The van der Waals surface area contributed by atoms with Crippen molar-refractivity contribution in [2.24, 2.45) is 5.41 Å². The normalized spacial score (nSPS) is 20.7. The average molecular weight is 588 g/mol. The second-order valence-corrected chi connectivity index (χ2v) is 12.4. The molecule has 5 aromatic rings. The van der Waals surface area contributed by atoms with Gasteiger partial charge < -0.3 is 4.90 Å². The first-order chi connectivity index (χ1) is 21.8. The summed E-state index contributed by atoms with van der Waals surface area (Å²) in [5.41, 5.74) is 1.36. The van der Waals surface area contributed by atoms with Gasteiger partial charge in [0, 0.05) is 33.9 Å². The smallest absolute Gasteiger partial charge is 0.197 e. The van der Waals surface area contributed by atoms with E-state index in [1.807, 2.05) is 97.6 Å². The standard InChI is InChI=1S/C40H29NO4/c1-24-16-20-26(21-17-24)33-39(35(42)29-12-6-7-13-30(29)36(39)43)34(27-22-18-25(2)19-23-27)41(28-10-4-3-5-11-28)40(33)37(44)31-14-8-9-15-32(31)38(40)45/h3-23,33-34H,1-2H3/t33-,34-/m0/s1. The van der Waals surface area contributed by atoms with Gasteiger partial charge in [0.2, 0.25) is 0 Å². The van der Waals surface area contributed by atoms with Crippen LogP contribution in [0, 0.1) is 19.3 Å². The topological polar surface area (TPSA) is 71.5 Å². The second kappa shape index (κ2) is 9.54. The highest BCUT2D eigenvalue weighted by Gasteiger charge is 2.80. The zero-order valence-electron chi connectivity index (χ0n) is 24.9. The SMILES string of the molecule is Cc1ccc([C@@H]2N(c3ccccc3)C3(C(=O)c4ccccc4C3=O)[C@@H](c3ccc(C)cc3)C23C(=O)c2ccccc2C3=O)cc1. The Balaban J connectivity index is 1.58. The first kappa shape index (κ1) is 27.2. The number of fused-ring (bicyclic) bond motifs is 2. The van der Waals surface area contributed by atoms with E-state index in [0.29, 0.717) is 39.1 Å². The van der Waals surface area contributed by atoms with E-state index in [9.17, 15) is 0 Å². The fraction of sp³-hybridized carbons (Fsp3) is 0.150. The highest BCUT2D eigenvalue weighted by molar-refractivity contribution is 6.39. The third-order valence-corrected chi connectivity index (χ3v) is 10.1. The molecule has 45 heavy (non-hydrogen) atoms. The number of carbonyl (C=O) groups is 4. The Bertz CT molecular complexity index is 1990. The fourth-order valence-electron chi connectivity index (χ4n) is 8.21. The van der Waals surface area contributed by atoms with Gasteiger partial charge in [-0.15, -0.1) is 0 Å². The van der Waals surface area contributed by atoms with Crippen LogP contribution in [0.5, 0.6) is 0 Å². The summed E-state index contributed by atoms with van der Waals surface area (Å²) in [6, 6.07) is 37.4. The van der Waals surface area contributed by atoms with Gasteiger partial charge >= 0.3 is 0 Å². The monoisotopic (exact) mass is 587 g/mol. The number of Topliss-reactive ketones (excluding diaryl/α,β-unsaturated/α-hetero) is 4. The molecule has 5 heteroatoms. The molecule has 0 N–H and O–H groups in total. The van der Waals surface area contributed by atoms with Crippen LogP contribution in [0.15, 0.2) is 127 Å². The van der Waals surface area contributed by atoms with Crippen LogP contribution in [0.4, 0.5) is 5.69 Å². The van der Waals surface area contributed by atoms with Crippen LogP contribution >= 0.6 is 0 Å². The van der Waals surface area contributed by atoms with Gasteiger partial charge in [0.1, 0.15) is 5.41 Å². The Morgan fingerprint density at radius 1 is 0.467 bits per heavy atom. The van der Waals surface area contributed by atoms with Crippen molar-refractivity contribution in [3.8, 4) is 0 Å². The third-order valence-electron chi connectivity index (χ3n) is 10.1. The van der Waals surface area contributed by atoms with Gasteiger partial charge in [-0.05, 0) is 37.1 Å². The lowest BCUT2D eigenvalue weighted by atomic mass is 9.59. The largest absolute Gasteiger partial charge is 0.343 e. The van der Waals surface area contributed by atoms with Gasteiger partial charge in [0.05, 0.1) is 6.04 Å². The lowest BCUT2D eigenvalue weighted by molar-refractivity contribution is 0.0620. The zero-order chi connectivity index (χ0) is 31.1. The lowest BCUT2D eigenvalue weighted by Crippen LogP contribution is -2.57. The Morgan fingerprint density at radius 3 is 1.33 bits per heavy atom. The van der Waals surface area contributed by atoms with Gasteiger partial charge in [0.25, 0.3) is 0 Å². The molecule has 1 aliphatic heterocycles. The van der Waals surface area contributed by atoms with Crippen molar-refractivity contribution >= 4 is 28.8 Å². The van der Waals surface area contributed by atoms with Gasteiger partial charge in [0.15, 0.2) is 28.7 Å². The van der Waals surface area contributed by atoms with E-state index >= 15 is 19.2 Å². The number of para-hydroxylation sites is 1. The van der Waals surface area contributed by atoms with Crippen LogP contribution in [0.25, 0.3) is 0 Å². The molecule has 5 aromatic carbocycles. The summed E-state index contributed by atoms with van der Waals surface area (Å²) in [4.78, 5) is 62.8. The molecule has 5 nitrogen and oxygen atoms in total. The second-order valence-electron chi connectivity index (χ2n) is 12.4. The molecule has 1 fully saturated rings. The Labute approximate surface area is 261 Å². The highest BCUT2D eigenvalue weighted by Crippen LogP contribution is 2.69. The minimum atomic E-state index is -1.91. The van der Waals surface area contributed by atoms with Gasteiger partial charge in [-0.2, -0.15) is 0 Å². The number of hydrogen-bond acceptors (Lipinski definition) is 5. The van der Waals surface area contributed by atoms with Crippen molar-refractivity contribution < 1.29 is 19.2 Å². The van der Waals surface area contributed by atoms with E-state index in [-0.39, 0.29) is 11.6 Å². The van der Waals surface area contributed by atoms with Crippen molar-refractivity contribution in [2.75, 3.05) is 4.90 Å². The molecular weight excluding hydrogens is 558 g/mol. The molecule has 3 aliphatic rings. The van der Waals surface area contributed by atoms with Crippen LogP contribution < -0.4 is 4.90 Å². The van der Waals surface area contributed by atoms with Gasteiger partial charge in [-0.25, -0.2) is 0 Å². The number of benzene rings is 5. The molecule has 2 atom stereocenters. The van der Waals surface area contributed by atoms with Crippen molar-refractivity contribution in [3.05, 3.63) is 172 Å². The minimum absolute atomic E-state index is 0.302. The number of carbonyl (C=O) groups excluding carboxylic acids is 4. The summed E-state index contributed by atoms with van der Waals surface area (Å²) in [6.07, 6.45) is 0. The molecule has 2 aliphatic carbocycles. The van der Waals surface area contributed by atoms with E-state index in [0.717, 1.165) is 11.1 Å². The summed E-state index contributed by atoms with van der Waals surface area (Å²) in [5.74, 6) is -2.66. The van der Waals surface area contributed by atoms with Crippen molar-refractivity contribution in [1.29, 1.82) is 0 Å². The molecule has 0 amide bonds. The maximum Gasteiger partial charge on any atom is 0.197 e. The summed E-state index contributed by atoms with van der Waals surface area (Å²) < 4.78 is 0. The van der Waals surface area contributed by atoms with E-state index < -0.39 is 34.5 Å². The van der Waals surface area contributed by atoms with Crippen LogP contribution in [0.1, 0.15) is 75.6 Å². The summed E-state index contributed by atoms with van der Waals surface area (Å²) in [5, 5.41) is 0. The van der Waals surface area contributed by atoms with E-state index in [1.54, 1.807) is 48.5 Å². The number of rotatable bonds is 3. The van der Waals surface area contributed by atoms with Crippen molar-refractivity contribution in [3.63, 3.8) is 0 Å². The number of ketones is 4. The molecule has 8 rings (SSSR count). The number of anilines is 1. The molecule has 0 radical (unpaired) electrons. The summed E-state index contributed by atoms with van der Waals surface area (Å²) in [7, 11) is 0. The van der Waals surface area contributed by atoms with Crippen LogP contribution in [-0.4, -0.2) is 28.7 Å². The van der Waals surface area contributed by atoms with E-state index in [2.05, 4.69) is 0 Å². The first-order valence-electron chi connectivity index (χ1n) is 15.2. The quantitative estimate of drug-likeness (QED) is 0.204. The van der Waals surface area contributed by atoms with E-state index in [4.69, 9.17) is 0 Å². The van der Waals surface area contributed by atoms with Crippen LogP contribution in [-0.2, 0) is 0 Å². The molecule has 1 saturated heterocycles. The van der Waals surface area contributed by atoms with Crippen LogP contribution in [0.3, 0.4) is 0 Å². The average Bonchev–Trinajstić information content (AvgIpc) is 3.57. The Morgan fingerprint density at radius 2 is 0.867 bits per heavy atom. The molecule has 0 saturated carbocycles. The maximum atomic E-state index is 15.3. The first-order valence-corrected chi connectivity index (χ1v) is 15.2. The lowest BCUT2D eigenvalue weighted by Gasteiger charge is -2.40. The van der Waals surface area contributed by atoms with Crippen LogP contribution in [0.2, 0.25) is 0 Å². The fourth-order valence-corrected chi connectivity index (χ4v) is 8.21. The number of aryl methyl sites for hydroxylation is 2. The Kier molecular flexibility index (Phi) is 5.76. The number of hydrogen-bond donors (Lipinski definition) is 0. The molecule has 218 valence electrons.